The molecule has 3 nitrogen and oxygen atoms in total. The van der Waals surface area contributed by atoms with Gasteiger partial charge < -0.3 is 17.3 Å². The summed E-state index contributed by atoms with van der Waals surface area (Å²) in [4.78, 5) is 2.13. The number of aromatic nitrogens is 2. The number of hydrogen-bond donors (Lipinski definition) is 0. The first-order valence-electron chi connectivity index (χ1n) is 14.6. The molecule has 1 aromatic heterocycles. The van der Waals surface area contributed by atoms with Crippen LogP contribution in [0.2, 0.25) is 0 Å². The smallest absolute Gasteiger partial charge is 0.000120 e. The number of imidazole rings is 1. The number of hydrogen-bond acceptors (Lipinski definition) is 1. The van der Waals surface area contributed by atoms with Crippen LogP contribution in [0.15, 0.2) is 73.1 Å². The summed E-state index contributed by atoms with van der Waals surface area (Å²) < 4.78 is 5.78. The van der Waals surface area contributed by atoms with E-state index in [1.54, 1.807) is 0 Å². The zero-order chi connectivity index (χ0) is 29.6. The summed E-state index contributed by atoms with van der Waals surface area (Å²) in [7, 11) is 4.11. The van der Waals surface area contributed by atoms with Crippen LogP contribution in [-0.4, -0.2) is 28.1 Å². The molecule has 4 rings (SSSR count). The van der Waals surface area contributed by atoms with Crippen molar-refractivity contribution in [2.75, 3.05) is 14.1 Å². The Labute approximate surface area is 266 Å². The molecule has 0 N–H and O–H groups in total. The second kappa shape index (κ2) is 15.9. The average Bonchev–Trinajstić information content (AvgIpc) is 3.28. The summed E-state index contributed by atoms with van der Waals surface area (Å²) in [6, 6.07) is 24.7. The number of nitrogens with zero attached hydrogens (tertiary/aromatic N) is 3. The van der Waals surface area contributed by atoms with E-state index in [0.29, 0.717) is 23.7 Å². The topological polar surface area (TPSA) is 13.1 Å². The summed E-state index contributed by atoms with van der Waals surface area (Å²) in [5, 5.41) is 0. The van der Waals surface area contributed by atoms with Crippen molar-refractivity contribution in [1.82, 2.24) is 14.0 Å². The fourth-order valence-electron chi connectivity index (χ4n) is 5.13. The van der Waals surface area contributed by atoms with Gasteiger partial charge in [-0.15, -0.1) is 5.56 Å². The van der Waals surface area contributed by atoms with E-state index < -0.39 is 0 Å². The molecule has 0 radical (unpaired) electrons. The van der Waals surface area contributed by atoms with Crippen LogP contribution in [-0.2, 0) is 25.3 Å². The Morgan fingerprint density at radius 2 is 1.02 bits per heavy atom. The largest absolute Gasteiger partial charge is 1.00 e. The molecule has 0 saturated heterocycles. The SMILES string of the molecule is CC(C)c1cccc(C(C)C)c1-n1ccn(-c2c(C(C)C)cccc2C(C)C)[c]1=[Pd].CN(C)Cc1[c-]cccc1.[Cl-]. The van der Waals surface area contributed by atoms with Gasteiger partial charge in [0.15, 0.2) is 0 Å². The molecule has 1 heterocycles. The maximum Gasteiger partial charge on any atom is 0.000120 e. The van der Waals surface area contributed by atoms with Gasteiger partial charge in [0.2, 0.25) is 0 Å². The molecule has 0 atom stereocenters. The minimum atomic E-state index is 0. The standard InChI is InChI=1S/C27H36N2.C9H12N.ClH.Pd/c1-18(2)22-11-9-12-23(19(3)4)26(22)28-15-16-29(17-28)27-24(20(5)6)13-10-14-25(27)21(7)8;1-10(2)8-9-6-4-3-5-7-9;;/h9-16,18-21H,1-8H3;3-6H,8H2,1-2H3;1H;/q;-1;;/p-1. The summed E-state index contributed by atoms with van der Waals surface area (Å²) in [5.74, 6) is 1.83. The van der Waals surface area contributed by atoms with Gasteiger partial charge in [0.1, 0.15) is 0 Å². The van der Waals surface area contributed by atoms with E-state index in [-0.39, 0.29) is 12.4 Å². The molecule has 41 heavy (non-hydrogen) atoms. The maximum atomic E-state index is 3.64. The second-order valence-electron chi connectivity index (χ2n) is 12.1. The van der Waals surface area contributed by atoms with Crippen molar-refractivity contribution in [2.24, 2.45) is 0 Å². The minimum absolute atomic E-state index is 0. The van der Waals surface area contributed by atoms with Crippen LogP contribution in [0.5, 0.6) is 0 Å². The minimum Gasteiger partial charge on any atom is -1.00 e. The molecule has 0 unspecified atom stereocenters. The molecule has 3 aromatic carbocycles. The molecule has 0 saturated carbocycles. The normalized spacial score (nSPS) is 11.3. The van der Waals surface area contributed by atoms with Crippen LogP contribution in [0.1, 0.15) is 107 Å². The van der Waals surface area contributed by atoms with Gasteiger partial charge in [0.25, 0.3) is 0 Å². The van der Waals surface area contributed by atoms with Crippen molar-refractivity contribution in [3.8, 4) is 11.4 Å². The molecular weight excluding hydrogens is 616 g/mol. The van der Waals surface area contributed by atoms with Crippen molar-refractivity contribution >= 4 is 0 Å². The van der Waals surface area contributed by atoms with Gasteiger partial charge in [-0.2, -0.15) is 30.3 Å². The van der Waals surface area contributed by atoms with Gasteiger partial charge in [0, 0.05) is 6.54 Å². The number of halogens is 1. The zero-order valence-electron chi connectivity index (χ0n) is 26.5. The quantitative estimate of drug-likeness (QED) is 0.157. The summed E-state index contributed by atoms with van der Waals surface area (Å²) in [6.07, 6.45) is 4.43. The summed E-state index contributed by atoms with van der Waals surface area (Å²) >= 11 is 3.64. The monoisotopic (exact) mass is 663 g/mol. The van der Waals surface area contributed by atoms with Crippen LogP contribution in [0.3, 0.4) is 0 Å². The molecule has 0 spiro atoms. The van der Waals surface area contributed by atoms with E-state index >= 15 is 0 Å². The fraction of sp³-hybridized carbons (Fsp3) is 0.417. The van der Waals surface area contributed by atoms with Crippen molar-refractivity contribution in [3.05, 3.63) is 111 Å². The molecule has 0 aliphatic rings. The molecule has 4 aromatic rings. The van der Waals surface area contributed by atoms with Crippen LogP contribution in [0, 0.1) is 9.96 Å². The van der Waals surface area contributed by atoms with Crippen LogP contribution >= 0.6 is 0 Å². The Balaban J connectivity index is 0.000000452. The third kappa shape index (κ3) is 8.65. The van der Waals surface area contributed by atoms with E-state index in [4.69, 9.17) is 0 Å². The van der Waals surface area contributed by atoms with Crippen molar-refractivity contribution in [2.45, 2.75) is 85.6 Å². The van der Waals surface area contributed by atoms with E-state index in [0.717, 1.165) is 10.4 Å². The van der Waals surface area contributed by atoms with Gasteiger partial charge in [0.05, 0.1) is 0 Å². The molecule has 0 amide bonds. The molecule has 226 valence electrons. The molecule has 0 fully saturated rings. The van der Waals surface area contributed by atoms with Gasteiger partial charge in [-0.3, -0.25) is 0 Å². The first-order chi connectivity index (χ1) is 18.9. The zero-order valence-corrected chi connectivity index (χ0v) is 28.8. The van der Waals surface area contributed by atoms with E-state index in [1.165, 1.54) is 39.2 Å². The number of rotatable bonds is 8. The Morgan fingerprint density at radius 1 is 0.634 bits per heavy atom. The molecule has 0 aliphatic heterocycles. The van der Waals surface area contributed by atoms with Gasteiger partial charge >= 0.3 is 193 Å². The first kappa shape index (κ1) is 35.0. The Morgan fingerprint density at radius 3 is 1.32 bits per heavy atom. The Hall–Kier alpha value is -2.22. The Bertz CT molecular complexity index is 1290. The van der Waals surface area contributed by atoms with Crippen molar-refractivity contribution < 1.29 is 31.2 Å². The summed E-state index contributed by atoms with van der Waals surface area (Å²) in [5.41, 5.74) is 9.42. The summed E-state index contributed by atoms with van der Waals surface area (Å²) in [6.45, 7) is 19.2. The first-order valence-corrected chi connectivity index (χ1v) is 15.3. The predicted octanol–water partition coefficient (Wildman–Crippen LogP) is 6.39. The number of para-hydroxylation sites is 2. The van der Waals surface area contributed by atoms with Crippen LogP contribution < -0.4 is 12.4 Å². The number of benzene rings is 3. The Kier molecular flexibility index (Phi) is 13.5. The second-order valence-corrected chi connectivity index (χ2v) is 12.8. The van der Waals surface area contributed by atoms with Gasteiger partial charge in [-0.1, -0.05) is 0 Å². The van der Waals surface area contributed by atoms with Crippen LogP contribution in [0.25, 0.3) is 11.4 Å². The van der Waals surface area contributed by atoms with Gasteiger partial charge in [-0.05, 0) is 14.1 Å². The van der Waals surface area contributed by atoms with E-state index in [2.05, 4.69) is 163 Å². The predicted molar refractivity (Wildman–Crippen MR) is 167 cm³/mol. The third-order valence-corrected chi connectivity index (χ3v) is 7.91. The fourth-order valence-corrected chi connectivity index (χ4v) is 5.71. The molecule has 5 heteroatoms. The van der Waals surface area contributed by atoms with Crippen molar-refractivity contribution in [3.63, 3.8) is 0 Å². The van der Waals surface area contributed by atoms with E-state index in [1.807, 2.05) is 18.2 Å². The van der Waals surface area contributed by atoms with Crippen molar-refractivity contribution in [1.29, 1.82) is 0 Å². The van der Waals surface area contributed by atoms with E-state index in [9.17, 15) is 0 Å². The molecule has 0 aliphatic carbocycles. The maximum absolute atomic E-state index is 3.64. The molecular formula is C36H48ClN3Pd-2. The van der Waals surface area contributed by atoms with Crippen LogP contribution in [0.4, 0.5) is 0 Å². The van der Waals surface area contributed by atoms with Gasteiger partial charge in [-0.25, -0.2) is 0 Å². The molecule has 0 bridgehead atoms. The third-order valence-electron chi connectivity index (χ3n) is 7.16. The average molecular weight is 665 g/mol.